The first-order valence-corrected chi connectivity index (χ1v) is 8.45. The highest BCUT2D eigenvalue weighted by molar-refractivity contribution is 6.36. The van der Waals surface area contributed by atoms with Crippen LogP contribution in [0.1, 0.15) is 5.69 Å². The van der Waals surface area contributed by atoms with Crippen LogP contribution in [0.5, 0.6) is 0 Å². The number of rotatable bonds is 4. The zero-order valence-corrected chi connectivity index (χ0v) is 15.0. The second kappa shape index (κ2) is 7.92. The molecular weight excluding hydrogens is 369 g/mol. The van der Waals surface area contributed by atoms with E-state index in [4.69, 9.17) is 23.2 Å². The third-order valence-electron chi connectivity index (χ3n) is 3.65. The van der Waals surface area contributed by atoms with Gasteiger partial charge in [-0.15, -0.1) is 0 Å². The molecule has 3 aromatic rings. The molecule has 0 saturated heterocycles. The minimum Gasteiger partial charge on any atom is -0.320 e. The first-order valence-electron chi connectivity index (χ1n) is 7.69. The van der Waals surface area contributed by atoms with Gasteiger partial charge in [0.1, 0.15) is 11.6 Å². The maximum Gasteiger partial charge on any atom is 0.266 e. The van der Waals surface area contributed by atoms with E-state index in [1.165, 1.54) is 12.1 Å². The van der Waals surface area contributed by atoms with Crippen LogP contribution in [0.15, 0.2) is 72.4 Å². The van der Waals surface area contributed by atoms with E-state index in [2.05, 4.69) is 5.32 Å². The van der Waals surface area contributed by atoms with Gasteiger partial charge < -0.3 is 9.88 Å². The van der Waals surface area contributed by atoms with E-state index >= 15 is 0 Å². The van der Waals surface area contributed by atoms with Crippen molar-refractivity contribution in [3.8, 4) is 11.8 Å². The number of hydrogen-bond donors (Lipinski definition) is 1. The minimum atomic E-state index is -0.544. The highest BCUT2D eigenvalue weighted by Gasteiger charge is 2.13. The van der Waals surface area contributed by atoms with Gasteiger partial charge in [-0.1, -0.05) is 41.4 Å². The van der Waals surface area contributed by atoms with Gasteiger partial charge in [-0.25, -0.2) is 0 Å². The van der Waals surface area contributed by atoms with E-state index < -0.39 is 5.91 Å². The van der Waals surface area contributed by atoms with Gasteiger partial charge in [-0.3, -0.25) is 4.79 Å². The summed E-state index contributed by atoms with van der Waals surface area (Å²) in [6.07, 6.45) is 3.40. The molecule has 4 nitrogen and oxygen atoms in total. The number of anilines is 1. The molecule has 0 aliphatic carbocycles. The van der Waals surface area contributed by atoms with E-state index in [9.17, 15) is 10.1 Å². The fourth-order valence-corrected chi connectivity index (χ4v) is 2.87. The van der Waals surface area contributed by atoms with Gasteiger partial charge >= 0.3 is 0 Å². The molecule has 0 bridgehead atoms. The fourth-order valence-electron chi connectivity index (χ4n) is 2.41. The molecule has 1 aromatic heterocycles. The van der Waals surface area contributed by atoms with Gasteiger partial charge in [0.15, 0.2) is 0 Å². The lowest BCUT2D eigenvalue weighted by Gasteiger charge is -2.08. The van der Waals surface area contributed by atoms with Crippen LogP contribution in [0.25, 0.3) is 11.8 Å². The number of aromatic nitrogens is 1. The van der Waals surface area contributed by atoms with Crippen LogP contribution >= 0.6 is 23.2 Å². The standard InChI is InChI=1S/C20H13Cl2N3O/c21-15-8-9-19(18(22)12-15)24-20(26)14(13-23)11-17-7-4-10-25(17)16-5-2-1-3-6-16/h1-12H,(H,24,26)/b14-11-. The van der Waals surface area contributed by atoms with E-state index in [-0.39, 0.29) is 5.57 Å². The number of benzene rings is 2. The van der Waals surface area contributed by atoms with Crippen molar-refractivity contribution in [2.75, 3.05) is 5.32 Å². The smallest absolute Gasteiger partial charge is 0.266 e. The van der Waals surface area contributed by atoms with Crippen LogP contribution < -0.4 is 5.32 Å². The van der Waals surface area contributed by atoms with E-state index in [0.717, 1.165) is 5.69 Å². The van der Waals surface area contributed by atoms with Gasteiger partial charge in [-0.05, 0) is 48.5 Å². The maximum atomic E-state index is 12.5. The average Bonchev–Trinajstić information content (AvgIpc) is 3.11. The van der Waals surface area contributed by atoms with Crippen molar-refractivity contribution >= 4 is 40.9 Å². The van der Waals surface area contributed by atoms with Crippen LogP contribution in [0.4, 0.5) is 5.69 Å². The molecule has 0 aliphatic rings. The molecule has 26 heavy (non-hydrogen) atoms. The van der Waals surface area contributed by atoms with Gasteiger partial charge in [0, 0.05) is 22.6 Å². The molecule has 0 radical (unpaired) electrons. The Morgan fingerprint density at radius 3 is 2.54 bits per heavy atom. The van der Waals surface area contributed by atoms with E-state index in [0.29, 0.717) is 21.4 Å². The number of halogens is 2. The van der Waals surface area contributed by atoms with Gasteiger partial charge in [-0.2, -0.15) is 5.26 Å². The predicted molar refractivity (Wildman–Crippen MR) is 104 cm³/mol. The van der Waals surface area contributed by atoms with Crippen LogP contribution in [0.3, 0.4) is 0 Å². The monoisotopic (exact) mass is 381 g/mol. The van der Waals surface area contributed by atoms with E-state index in [1.807, 2.05) is 59.3 Å². The van der Waals surface area contributed by atoms with Crippen molar-refractivity contribution in [1.82, 2.24) is 4.57 Å². The Labute approximate surface area is 160 Å². The first-order chi connectivity index (χ1) is 12.6. The van der Waals surface area contributed by atoms with E-state index in [1.54, 1.807) is 12.1 Å². The normalized spacial score (nSPS) is 11.0. The summed E-state index contributed by atoms with van der Waals surface area (Å²) in [6.45, 7) is 0. The zero-order valence-electron chi connectivity index (χ0n) is 13.5. The lowest BCUT2D eigenvalue weighted by molar-refractivity contribution is -0.112. The van der Waals surface area contributed by atoms with Crippen molar-refractivity contribution in [1.29, 1.82) is 5.26 Å². The number of para-hydroxylation sites is 1. The summed E-state index contributed by atoms with van der Waals surface area (Å²) in [4.78, 5) is 12.5. The fraction of sp³-hybridized carbons (Fsp3) is 0. The quantitative estimate of drug-likeness (QED) is 0.490. The summed E-state index contributed by atoms with van der Waals surface area (Å²) < 4.78 is 1.89. The lowest BCUT2D eigenvalue weighted by Crippen LogP contribution is -2.14. The Morgan fingerprint density at radius 1 is 1.08 bits per heavy atom. The second-order valence-electron chi connectivity index (χ2n) is 5.39. The third kappa shape index (κ3) is 3.97. The topological polar surface area (TPSA) is 57.8 Å². The number of hydrogen-bond acceptors (Lipinski definition) is 2. The molecule has 0 saturated carbocycles. The molecule has 1 heterocycles. The number of carbonyl (C=O) groups is 1. The summed E-state index contributed by atoms with van der Waals surface area (Å²) in [6, 6.07) is 20.0. The van der Waals surface area contributed by atoms with Crippen LogP contribution in [0.2, 0.25) is 10.0 Å². The molecule has 3 rings (SSSR count). The molecule has 0 spiro atoms. The highest BCUT2D eigenvalue weighted by atomic mass is 35.5. The Bertz CT molecular complexity index is 1020. The largest absolute Gasteiger partial charge is 0.320 e. The lowest BCUT2D eigenvalue weighted by atomic mass is 10.2. The second-order valence-corrected chi connectivity index (χ2v) is 6.23. The first kappa shape index (κ1) is 17.8. The SMILES string of the molecule is N#C/C(=C/c1cccn1-c1ccccc1)C(=O)Nc1ccc(Cl)cc1Cl. The summed E-state index contributed by atoms with van der Waals surface area (Å²) >= 11 is 11.9. The Morgan fingerprint density at radius 2 is 1.85 bits per heavy atom. The van der Waals surface area contributed by atoms with Crippen molar-refractivity contribution in [3.63, 3.8) is 0 Å². The van der Waals surface area contributed by atoms with Crippen molar-refractivity contribution in [2.24, 2.45) is 0 Å². The van der Waals surface area contributed by atoms with Crippen LogP contribution in [-0.2, 0) is 4.79 Å². The highest BCUT2D eigenvalue weighted by Crippen LogP contribution is 2.26. The van der Waals surface area contributed by atoms with Gasteiger partial charge in [0.05, 0.1) is 10.7 Å². The number of nitrogens with zero attached hydrogens (tertiary/aromatic N) is 2. The number of amides is 1. The molecule has 0 atom stereocenters. The minimum absolute atomic E-state index is 0.0353. The van der Waals surface area contributed by atoms with Crippen molar-refractivity contribution < 1.29 is 4.79 Å². The Balaban J connectivity index is 1.89. The van der Waals surface area contributed by atoms with Crippen molar-refractivity contribution in [3.05, 3.63) is 88.2 Å². The van der Waals surface area contributed by atoms with Crippen molar-refractivity contribution in [2.45, 2.75) is 0 Å². The summed E-state index contributed by atoms with van der Waals surface area (Å²) in [5, 5.41) is 12.8. The molecule has 1 amide bonds. The van der Waals surface area contributed by atoms with Crippen LogP contribution in [0, 0.1) is 11.3 Å². The molecule has 128 valence electrons. The number of carbonyl (C=O) groups excluding carboxylic acids is 1. The molecule has 0 unspecified atom stereocenters. The van der Waals surface area contributed by atoms with Gasteiger partial charge in [0.25, 0.3) is 5.91 Å². The molecule has 2 aromatic carbocycles. The molecule has 6 heteroatoms. The Kier molecular flexibility index (Phi) is 5.43. The maximum absolute atomic E-state index is 12.5. The molecule has 0 aliphatic heterocycles. The number of nitriles is 1. The Hall–Kier alpha value is -3.00. The predicted octanol–water partition coefficient (Wildman–Crippen LogP) is 5.33. The third-order valence-corrected chi connectivity index (χ3v) is 4.20. The summed E-state index contributed by atoms with van der Waals surface area (Å²) in [5.74, 6) is -0.544. The molecular formula is C20H13Cl2N3O. The van der Waals surface area contributed by atoms with Crippen LogP contribution in [-0.4, -0.2) is 10.5 Å². The average molecular weight is 382 g/mol. The molecule has 1 N–H and O–H groups in total. The van der Waals surface area contributed by atoms with Gasteiger partial charge in [0.2, 0.25) is 0 Å². The summed E-state index contributed by atoms with van der Waals surface area (Å²) in [7, 11) is 0. The zero-order chi connectivity index (χ0) is 18.5. The molecule has 0 fully saturated rings. The summed E-state index contributed by atoms with van der Waals surface area (Å²) in [5.41, 5.74) is 2.00. The number of nitrogens with one attached hydrogen (secondary N) is 1.